The molecule has 75 valence electrons. The third kappa shape index (κ3) is 2.31. The monoisotopic (exact) mass is 197 g/mol. The van der Waals surface area contributed by atoms with Gasteiger partial charge in [0.05, 0.1) is 0 Å². The molecule has 0 fully saturated rings. The molecule has 1 nitrogen and oxygen atoms in total. The van der Waals surface area contributed by atoms with Crippen molar-refractivity contribution in [1.29, 1.82) is 0 Å². The maximum atomic E-state index is 13.2. The van der Waals surface area contributed by atoms with E-state index in [1.165, 1.54) is 6.08 Å². The summed E-state index contributed by atoms with van der Waals surface area (Å²) in [5, 5.41) is 0. The molecule has 0 aromatic heterocycles. The molecular weight excluding hydrogens is 186 g/mol. The molecule has 0 amide bonds. The smallest absolute Gasteiger partial charge is 0.133 e. The predicted octanol–water partition coefficient (Wildman–Crippen LogP) is 2.91. The Bertz CT molecular complexity index is 311. The Hall–Kier alpha value is -1.38. The molecule has 1 rings (SSSR count). The van der Waals surface area contributed by atoms with Gasteiger partial charge in [-0.25, -0.2) is 8.78 Å². The fraction of sp³-hybridized carbons (Fsp3) is 0.182. The Morgan fingerprint density at radius 3 is 2.29 bits per heavy atom. The Balaban J connectivity index is 2.95. The average molecular weight is 197 g/mol. The van der Waals surface area contributed by atoms with Gasteiger partial charge in [0.15, 0.2) is 0 Å². The SMILES string of the molecule is [CH2]Cc1c(F)cc(OCC=C)cc1F. The molecule has 0 aliphatic rings. The second-order valence-corrected chi connectivity index (χ2v) is 2.72. The van der Waals surface area contributed by atoms with E-state index < -0.39 is 11.6 Å². The van der Waals surface area contributed by atoms with Crippen molar-refractivity contribution in [2.75, 3.05) is 6.61 Å². The summed E-state index contributed by atoms with van der Waals surface area (Å²) in [6, 6.07) is 2.29. The van der Waals surface area contributed by atoms with Crippen molar-refractivity contribution in [2.24, 2.45) is 0 Å². The summed E-state index contributed by atoms with van der Waals surface area (Å²) in [7, 11) is 0. The maximum absolute atomic E-state index is 13.2. The first kappa shape index (κ1) is 10.7. The second kappa shape index (κ2) is 4.74. The summed E-state index contributed by atoms with van der Waals surface area (Å²) < 4.78 is 31.3. The zero-order valence-corrected chi connectivity index (χ0v) is 7.72. The van der Waals surface area contributed by atoms with Crippen LogP contribution in [0.1, 0.15) is 5.56 Å². The van der Waals surface area contributed by atoms with Gasteiger partial charge in [-0.1, -0.05) is 12.7 Å². The number of ether oxygens (including phenoxy) is 1. The lowest BCUT2D eigenvalue weighted by atomic mass is 10.1. The van der Waals surface area contributed by atoms with Crippen molar-refractivity contribution >= 4 is 0 Å². The van der Waals surface area contributed by atoms with Gasteiger partial charge in [-0.2, -0.15) is 0 Å². The largest absolute Gasteiger partial charge is 0.489 e. The minimum Gasteiger partial charge on any atom is -0.489 e. The summed E-state index contributed by atoms with van der Waals surface area (Å²) in [4.78, 5) is 0. The predicted molar refractivity (Wildman–Crippen MR) is 51.1 cm³/mol. The summed E-state index contributed by atoms with van der Waals surface area (Å²) >= 11 is 0. The first-order valence-corrected chi connectivity index (χ1v) is 4.20. The van der Waals surface area contributed by atoms with Gasteiger partial charge < -0.3 is 4.74 Å². The average Bonchev–Trinajstić information content (AvgIpc) is 2.14. The minimum atomic E-state index is -0.626. The fourth-order valence-corrected chi connectivity index (χ4v) is 1.06. The molecule has 1 aromatic carbocycles. The Kier molecular flexibility index (Phi) is 3.63. The van der Waals surface area contributed by atoms with Crippen molar-refractivity contribution in [2.45, 2.75) is 6.42 Å². The van der Waals surface area contributed by atoms with Gasteiger partial charge in [0, 0.05) is 17.7 Å². The molecule has 0 saturated carbocycles. The molecule has 0 aliphatic heterocycles. The van der Waals surface area contributed by atoms with E-state index >= 15 is 0 Å². The zero-order valence-electron chi connectivity index (χ0n) is 7.72. The van der Waals surface area contributed by atoms with Gasteiger partial charge in [0.25, 0.3) is 0 Å². The van der Waals surface area contributed by atoms with E-state index in [2.05, 4.69) is 13.5 Å². The van der Waals surface area contributed by atoms with Crippen LogP contribution >= 0.6 is 0 Å². The van der Waals surface area contributed by atoms with Gasteiger partial charge in [0.1, 0.15) is 24.0 Å². The second-order valence-electron chi connectivity index (χ2n) is 2.72. The lowest BCUT2D eigenvalue weighted by molar-refractivity contribution is 0.357. The molecule has 0 atom stereocenters. The van der Waals surface area contributed by atoms with E-state index in [1.54, 1.807) is 0 Å². The molecule has 14 heavy (non-hydrogen) atoms. The van der Waals surface area contributed by atoms with E-state index in [0.717, 1.165) is 12.1 Å². The first-order valence-electron chi connectivity index (χ1n) is 4.20. The highest BCUT2D eigenvalue weighted by atomic mass is 19.1. The van der Waals surface area contributed by atoms with E-state index in [9.17, 15) is 8.78 Å². The highest BCUT2D eigenvalue weighted by Crippen LogP contribution is 2.20. The molecular formula is C11H11F2O. The number of hydrogen-bond acceptors (Lipinski definition) is 1. The van der Waals surface area contributed by atoms with Crippen molar-refractivity contribution in [3.63, 3.8) is 0 Å². The third-order valence-electron chi connectivity index (χ3n) is 1.73. The van der Waals surface area contributed by atoms with Crippen LogP contribution in [0.25, 0.3) is 0 Å². The number of halogens is 2. The van der Waals surface area contributed by atoms with E-state index in [0.29, 0.717) is 0 Å². The number of benzene rings is 1. The molecule has 0 bridgehead atoms. The number of hydrogen-bond donors (Lipinski definition) is 0. The summed E-state index contributed by atoms with van der Waals surface area (Å²) in [5.41, 5.74) is -0.0176. The van der Waals surface area contributed by atoms with Gasteiger partial charge in [-0.05, 0) is 13.3 Å². The topological polar surface area (TPSA) is 9.23 Å². The van der Waals surface area contributed by atoms with Gasteiger partial charge in [-0.3, -0.25) is 0 Å². The normalized spacial score (nSPS) is 9.93. The molecule has 1 aromatic rings. The van der Waals surface area contributed by atoms with Crippen LogP contribution in [0.5, 0.6) is 5.75 Å². The molecule has 3 heteroatoms. The van der Waals surface area contributed by atoms with E-state index in [-0.39, 0.29) is 24.3 Å². The van der Waals surface area contributed by atoms with Gasteiger partial charge in [0.2, 0.25) is 0 Å². The third-order valence-corrected chi connectivity index (χ3v) is 1.73. The molecule has 0 heterocycles. The van der Waals surface area contributed by atoms with Crippen molar-refractivity contribution in [3.05, 3.63) is 48.9 Å². The lowest BCUT2D eigenvalue weighted by Crippen LogP contribution is -1.98. The van der Waals surface area contributed by atoms with Crippen LogP contribution in [0.15, 0.2) is 24.8 Å². The highest BCUT2D eigenvalue weighted by molar-refractivity contribution is 5.31. The van der Waals surface area contributed by atoms with Crippen molar-refractivity contribution in [3.8, 4) is 5.75 Å². The van der Waals surface area contributed by atoms with E-state index in [1.807, 2.05) is 0 Å². The summed E-state index contributed by atoms with van der Waals surface area (Å²) in [6.45, 7) is 7.09. The Morgan fingerprint density at radius 2 is 1.86 bits per heavy atom. The number of rotatable bonds is 4. The van der Waals surface area contributed by atoms with Crippen LogP contribution in [0.4, 0.5) is 8.78 Å². The molecule has 0 N–H and O–H groups in total. The standard InChI is InChI=1S/C11H11F2O/c1-3-5-14-8-6-10(12)9(4-2)11(13)7-8/h3,6-7H,1-2,4-5H2. The molecule has 1 radical (unpaired) electrons. The quantitative estimate of drug-likeness (QED) is 0.674. The molecule has 0 aliphatic carbocycles. The minimum absolute atomic E-state index is 0.0176. The van der Waals surface area contributed by atoms with Crippen LogP contribution in [-0.4, -0.2) is 6.61 Å². The first-order chi connectivity index (χ1) is 6.69. The van der Waals surface area contributed by atoms with Crippen molar-refractivity contribution in [1.82, 2.24) is 0 Å². The highest BCUT2D eigenvalue weighted by Gasteiger charge is 2.09. The maximum Gasteiger partial charge on any atom is 0.133 e. The lowest BCUT2D eigenvalue weighted by Gasteiger charge is -2.06. The fourth-order valence-electron chi connectivity index (χ4n) is 1.06. The van der Waals surface area contributed by atoms with Crippen molar-refractivity contribution < 1.29 is 13.5 Å². The molecule has 0 unspecified atom stereocenters. The van der Waals surface area contributed by atoms with Crippen LogP contribution in [-0.2, 0) is 6.42 Å². The summed E-state index contributed by atoms with van der Waals surface area (Å²) in [5.74, 6) is -1.09. The summed E-state index contributed by atoms with van der Waals surface area (Å²) in [6.07, 6.45) is 1.59. The molecule has 0 saturated heterocycles. The van der Waals surface area contributed by atoms with Crippen LogP contribution < -0.4 is 4.74 Å². The Morgan fingerprint density at radius 1 is 1.29 bits per heavy atom. The van der Waals surface area contributed by atoms with Gasteiger partial charge >= 0.3 is 0 Å². The zero-order chi connectivity index (χ0) is 10.6. The van der Waals surface area contributed by atoms with Crippen LogP contribution in [0, 0.1) is 18.6 Å². The molecule has 0 spiro atoms. The Labute approximate surface area is 82.0 Å². The van der Waals surface area contributed by atoms with E-state index in [4.69, 9.17) is 4.74 Å². The van der Waals surface area contributed by atoms with Gasteiger partial charge in [-0.15, -0.1) is 0 Å². The van der Waals surface area contributed by atoms with Crippen LogP contribution in [0.2, 0.25) is 0 Å². The van der Waals surface area contributed by atoms with Crippen LogP contribution in [0.3, 0.4) is 0 Å².